The van der Waals surface area contributed by atoms with Crippen molar-refractivity contribution in [2.24, 2.45) is 5.10 Å². The molecule has 4 heterocycles. The number of amidine groups is 1. The van der Waals surface area contributed by atoms with Crippen molar-refractivity contribution in [3.8, 4) is 5.75 Å². The van der Waals surface area contributed by atoms with E-state index in [4.69, 9.17) is 16.3 Å². The Labute approximate surface area is 254 Å². The largest absolute Gasteiger partial charge is 0.421 e. The molecule has 7 rings (SSSR count). The van der Waals surface area contributed by atoms with Crippen LogP contribution < -0.4 is 4.74 Å². The van der Waals surface area contributed by atoms with E-state index in [9.17, 15) is 0 Å². The van der Waals surface area contributed by atoms with Crippen LogP contribution in [-0.4, -0.2) is 57.1 Å². The SMILES string of the molecule is [C-]#[N+]N=C(Oc1ccccc1)N1CCC(CCN2[C@@H]3CC[C@H]2CC(n2c(C)nc4ccccc42)C3)(c2ccccc2)CC1. The average Bonchev–Trinajstić information content (AvgIpc) is 3.51. The number of rotatable bonds is 6. The van der Waals surface area contributed by atoms with Gasteiger partial charge in [0.15, 0.2) is 0 Å². The monoisotopic (exact) mass is 572 g/mol. The lowest BCUT2D eigenvalue weighted by Crippen LogP contribution is -2.49. The van der Waals surface area contributed by atoms with E-state index in [1.807, 2.05) is 30.3 Å². The van der Waals surface area contributed by atoms with Crippen LogP contribution in [0.25, 0.3) is 16.0 Å². The van der Waals surface area contributed by atoms with E-state index in [2.05, 4.69) is 85.9 Å². The third-order valence-corrected chi connectivity index (χ3v) is 10.3. The second kappa shape index (κ2) is 11.9. The normalized spacial score (nSPS) is 23.8. The van der Waals surface area contributed by atoms with E-state index in [0.717, 1.165) is 50.2 Å². The zero-order valence-electron chi connectivity index (χ0n) is 25.0. The van der Waals surface area contributed by atoms with E-state index in [1.165, 1.54) is 36.8 Å². The molecular weight excluding hydrogens is 532 g/mol. The van der Waals surface area contributed by atoms with Gasteiger partial charge in [0, 0.05) is 31.2 Å². The number of aryl methyl sites for hydroxylation is 1. The molecule has 0 spiro atoms. The van der Waals surface area contributed by atoms with E-state index in [-0.39, 0.29) is 5.41 Å². The van der Waals surface area contributed by atoms with Gasteiger partial charge in [0.25, 0.3) is 0 Å². The molecule has 3 fully saturated rings. The van der Waals surface area contributed by atoms with Crippen LogP contribution in [0.2, 0.25) is 0 Å². The summed E-state index contributed by atoms with van der Waals surface area (Å²) in [5.74, 6) is 1.86. The molecule has 4 aromatic rings. The molecule has 220 valence electrons. The summed E-state index contributed by atoms with van der Waals surface area (Å²) in [5, 5.41) is 4.06. The predicted molar refractivity (Wildman–Crippen MR) is 171 cm³/mol. The molecular formula is C36H40N6O. The second-order valence-electron chi connectivity index (χ2n) is 12.5. The molecule has 0 aliphatic carbocycles. The Balaban J connectivity index is 1.06. The molecule has 0 N–H and O–H groups in total. The van der Waals surface area contributed by atoms with Crippen molar-refractivity contribution in [2.45, 2.75) is 75.4 Å². The molecule has 3 aliphatic rings. The Hall–Kier alpha value is -4.15. The number of nitrogens with zero attached hydrogens (tertiary/aromatic N) is 6. The van der Waals surface area contributed by atoms with Gasteiger partial charge < -0.3 is 14.2 Å². The maximum Gasteiger partial charge on any atom is 0.376 e. The molecule has 3 aromatic carbocycles. The van der Waals surface area contributed by atoms with Gasteiger partial charge in [0.1, 0.15) is 16.7 Å². The fraction of sp³-hybridized carbons (Fsp3) is 0.417. The lowest BCUT2D eigenvalue weighted by atomic mass is 9.70. The molecule has 0 radical (unpaired) electrons. The zero-order valence-corrected chi connectivity index (χ0v) is 25.0. The molecule has 1 unspecified atom stereocenters. The standard InChI is InChI=1S/C36H40N6O/c1-27-38-33-15-9-10-16-34(33)42(27)31-25-29-17-18-30(26-31)41(29)24-21-36(28-11-5-3-6-12-28)19-22-40(23-20-36)35(39-37-2)43-32-13-7-4-8-14-32/h3-16,29-31H,17-26H2,1H3/t29-,30+,31?. The Kier molecular flexibility index (Phi) is 7.63. The highest BCUT2D eigenvalue weighted by Crippen LogP contribution is 2.45. The van der Waals surface area contributed by atoms with Crippen LogP contribution in [0.5, 0.6) is 5.75 Å². The van der Waals surface area contributed by atoms with Crippen molar-refractivity contribution in [2.75, 3.05) is 19.6 Å². The number of ether oxygens (including phenoxy) is 1. The molecule has 7 nitrogen and oxygen atoms in total. The number of aromatic nitrogens is 2. The third-order valence-electron chi connectivity index (χ3n) is 10.3. The zero-order chi connectivity index (χ0) is 29.2. The molecule has 0 saturated carbocycles. The number of imidazole rings is 1. The number of para-hydroxylation sites is 3. The minimum Gasteiger partial charge on any atom is -0.421 e. The molecule has 7 heteroatoms. The fourth-order valence-electron chi connectivity index (χ4n) is 8.18. The van der Waals surface area contributed by atoms with Crippen LogP contribution >= 0.6 is 0 Å². The molecule has 1 aromatic heterocycles. The highest BCUT2D eigenvalue weighted by molar-refractivity contribution is 5.77. The quantitative estimate of drug-likeness (QED) is 0.106. The average molecular weight is 573 g/mol. The first-order valence-electron chi connectivity index (χ1n) is 15.8. The maximum atomic E-state index is 7.38. The predicted octanol–water partition coefficient (Wildman–Crippen LogP) is 7.21. The summed E-state index contributed by atoms with van der Waals surface area (Å²) in [7, 11) is 0. The third kappa shape index (κ3) is 5.41. The highest BCUT2D eigenvalue weighted by Gasteiger charge is 2.44. The first kappa shape index (κ1) is 27.7. The number of hydrogen-bond donors (Lipinski definition) is 0. The lowest BCUT2D eigenvalue weighted by molar-refractivity contribution is 0.0878. The lowest BCUT2D eigenvalue weighted by Gasteiger charge is -2.45. The van der Waals surface area contributed by atoms with Gasteiger partial charge >= 0.3 is 6.02 Å². The Morgan fingerprint density at radius 3 is 2.26 bits per heavy atom. The van der Waals surface area contributed by atoms with Crippen LogP contribution in [0.3, 0.4) is 0 Å². The van der Waals surface area contributed by atoms with E-state index < -0.39 is 0 Å². The Bertz CT molecular complexity index is 1600. The number of fused-ring (bicyclic) bond motifs is 3. The molecule has 2 bridgehead atoms. The number of benzene rings is 3. The van der Waals surface area contributed by atoms with Crippen LogP contribution in [0.4, 0.5) is 0 Å². The Morgan fingerprint density at radius 1 is 0.907 bits per heavy atom. The van der Waals surface area contributed by atoms with Crippen LogP contribution in [0.1, 0.15) is 62.4 Å². The summed E-state index contributed by atoms with van der Waals surface area (Å²) in [6.07, 6.45) is 8.17. The summed E-state index contributed by atoms with van der Waals surface area (Å²) in [6.45, 7) is 12.3. The summed E-state index contributed by atoms with van der Waals surface area (Å²) in [6, 6.07) is 31.6. The summed E-state index contributed by atoms with van der Waals surface area (Å²) < 4.78 is 8.61. The van der Waals surface area contributed by atoms with Gasteiger partial charge in [0.2, 0.25) is 0 Å². The minimum absolute atomic E-state index is 0.0984. The molecule has 3 atom stereocenters. The summed E-state index contributed by atoms with van der Waals surface area (Å²) in [5.41, 5.74) is 3.93. The second-order valence-corrected chi connectivity index (χ2v) is 12.5. The van der Waals surface area contributed by atoms with E-state index in [0.29, 0.717) is 29.9 Å². The highest BCUT2D eigenvalue weighted by atomic mass is 16.5. The van der Waals surface area contributed by atoms with Crippen LogP contribution in [0.15, 0.2) is 90.0 Å². The van der Waals surface area contributed by atoms with Crippen molar-refractivity contribution >= 4 is 17.1 Å². The molecule has 0 amide bonds. The van der Waals surface area contributed by atoms with Gasteiger partial charge in [-0.05, 0) is 93.7 Å². The number of likely N-dealkylation sites (tertiary alicyclic amines) is 1. The van der Waals surface area contributed by atoms with Gasteiger partial charge in [-0.2, -0.15) is 6.57 Å². The van der Waals surface area contributed by atoms with Gasteiger partial charge in [-0.3, -0.25) is 4.90 Å². The maximum absolute atomic E-state index is 7.38. The first-order valence-corrected chi connectivity index (χ1v) is 15.8. The van der Waals surface area contributed by atoms with Crippen molar-refractivity contribution in [3.63, 3.8) is 0 Å². The topological polar surface area (TPSA) is 50.2 Å². The van der Waals surface area contributed by atoms with Crippen LogP contribution in [0, 0.1) is 13.5 Å². The molecule has 3 saturated heterocycles. The summed E-state index contributed by atoms with van der Waals surface area (Å²) in [4.78, 5) is 13.2. The first-order chi connectivity index (χ1) is 21.1. The van der Waals surface area contributed by atoms with Crippen molar-refractivity contribution in [1.82, 2.24) is 19.4 Å². The smallest absolute Gasteiger partial charge is 0.376 e. The van der Waals surface area contributed by atoms with Gasteiger partial charge in [-0.1, -0.05) is 60.7 Å². The van der Waals surface area contributed by atoms with Crippen molar-refractivity contribution < 1.29 is 4.74 Å². The Morgan fingerprint density at radius 2 is 1.56 bits per heavy atom. The van der Waals surface area contributed by atoms with Gasteiger partial charge in [0.05, 0.1) is 11.0 Å². The van der Waals surface area contributed by atoms with Crippen molar-refractivity contribution in [3.05, 3.63) is 108 Å². The number of piperidine rings is 2. The fourth-order valence-corrected chi connectivity index (χ4v) is 8.18. The van der Waals surface area contributed by atoms with E-state index in [1.54, 1.807) is 0 Å². The van der Waals surface area contributed by atoms with Gasteiger partial charge in [-0.15, -0.1) is 4.95 Å². The summed E-state index contributed by atoms with van der Waals surface area (Å²) >= 11 is 0. The number of hydrogen-bond acceptors (Lipinski definition) is 4. The van der Waals surface area contributed by atoms with E-state index >= 15 is 0 Å². The van der Waals surface area contributed by atoms with Crippen molar-refractivity contribution in [1.29, 1.82) is 0 Å². The molecule has 3 aliphatic heterocycles. The van der Waals surface area contributed by atoms with Gasteiger partial charge in [-0.25, -0.2) is 4.98 Å². The molecule has 43 heavy (non-hydrogen) atoms. The minimum atomic E-state index is 0.0984. The van der Waals surface area contributed by atoms with Crippen LogP contribution in [-0.2, 0) is 5.41 Å².